The van der Waals surface area contributed by atoms with Crippen molar-refractivity contribution in [3.05, 3.63) is 94.8 Å². The maximum Gasteiger partial charge on any atom is 0.410 e. The molecule has 2 heterocycles. The number of halogens is 1. The molecule has 2 atom stereocenters. The Hall–Kier alpha value is -3.22. The van der Waals surface area contributed by atoms with Crippen LogP contribution >= 0.6 is 0 Å². The van der Waals surface area contributed by atoms with Gasteiger partial charge in [0.05, 0.1) is 30.9 Å². The zero-order valence-electron chi connectivity index (χ0n) is 19.6. The summed E-state index contributed by atoms with van der Waals surface area (Å²) in [6.07, 6.45) is 0.161. The summed E-state index contributed by atoms with van der Waals surface area (Å²) in [5, 5.41) is 11.5. The summed E-state index contributed by atoms with van der Waals surface area (Å²) < 4.78 is 25.9. The van der Waals surface area contributed by atoms with Crippen LogP contribution in [0, 0.1) is 12.7 Å². The van der Waals surface area contributed by atoms with Gasteiger partial charge in [0.25, 0.3) is 0 Å². The van der Waals surface area contributed by atoms with Gasteiger partial charge in [0.2, 0.25) is 0 Å². The molecule has 6 rings (SSSR count). The summed E-state index contributed by atoms with van der Waals surface area (Å²) in [5.41, 5.74) is 4.57. The SMILES string of the molecule is Cc1ccc(C2(O)CC3COCC(C2)N3C(=O)OCC2c3ccccc3-c3ccccc32)cc1F. The lowest BCUT2D eigenvalue weighted by Gasteiger charge is -2.51. The minimum Gasteiger partial charge on any atom is -0.448 e. The largest absolute Gasteiger partial charge is 0.448 e. The van der Waals surface area contributed by atoms with Crippen LogP contribution in [0.3, 0.4) is 0 Å². The summed E-state index contributed by atoms with van der Waals surface area (Å²) in [4.78, 5) is 15.1. The van der Waals surface area contributed by atoms with Crippen LogP contribution in [0.4, 0.5) is 9.18 Å². The van der Waals surface area contributed by atoms with Crippen LogP contribution in [-0.4, -0.2) is 48.0 Å². The molecule has 1 aliphatic carbocycles. The molecule has 180 valence electrons. The van der Waals surface area contributed by atoms with E-state index in [0.29, 0.717) is 24.3 Å². The monoisotopic (exact) mass is 473 g/mol. The van der Waals surface area contributed by atoms with Crippen molar-refractivity contribution in [2.75, 3.05) is 19.8 Å². The van der Waals surface area contributed by atoms with Crippen LogP contribution in [0.25, 0.3) is 11.1 Å². The molecule has 0 saturated carbocycles. The third-order valence-electron chi connectivity index (χ3n) is 7.81. The van der Waals surface area contributed by atoms with Crippen LogP contribution in [0.5, 0.6) is 0 Å². The van der Waals surface area contributed by atoms with Crippen LogP contribution in [0.1, 0.15) is 41.0 Å². The maximum atomic E-state index is 14.2. The highest BCUT2D eigenvalue weighted by Gasteiger charge is 2.49. The van der Waals surface area contributed by atoms with Crippen molar-refractivity contribution >= 4 is 6.09 Å². The molecule has 6 heteroatoms. The van der Waals surface area contributed by atoms with E-state index in [1.807, 2.05) is 24.3 Å². The van der Waals surface area contributed by atoms with Gasteiger partial charge in [-0.1, -0.05) is 60.7 Å². The van der Waals surface area contributed by atoms with Crippen molar-refractivity contribution in [3.63, 3.8) is 0 Å². The standard InChI is InChI=1S/C29H28FNO4/c1-18-10-11-19(12-27(18)30)29(33)13-20-15-34-16-21(14-29)31(20)28(32)35-17-26-24-8-4-2-6-22(24)23-7-3-5-9-25(23)26/h2-12,20-21,26,33H,13-17H2,1H3. The minimum absolute atomic E-state index is 0.0142. The number of aliphatic hydroxyl groups is 1. The predicted molar refractivity (Wildman–Crippen MR) is 130 cm³/mol. The zero-order valence-corrected chi connectivity index (χ0v) is 19.6. The smallest absolute Gasteiger partial charge is 0.410 e. The molecule has 3 aliphatic rings. The average Bonchev–Trinajstić information content (AvgIpc) is 3.17. The second-order valence-electron chi connectivity index (χ2n) is 9.96. The van der Waals surface area contributed by atoms with E-state index in [1.54, 1.807) is 24.0 Å². The number of hydrogen-bond donors (Lipinski definition) is 1. The van der Waals surface area contributed by atoms with Crippen LogP contribution in [0.2, 0.25) is 0 Å². The fraction of sp³-hybridized carbons (Fsp3) is 0.345. The van der Waals surface area contributed by atoms with Gasteiger partial charge in [0.15, 0.2) is 0 Å². The summed E-state index contributed by atoms with van der Waals surface area (Å²) >= 11 is 0. The van der Waals surface area contributed by atoms with Gasteiger partial charge in [-0.05, 0) is 46.4 Å². The number of amides is 1. The Kier molecular flexibility index (Phi) is 5.38. The van der Waals surface area contributed by atoms with Gasteiger partial charge in [-0.25, -0.2) is 9.18 Å². The van der Waals surface area contributed by atoms with Crippen molar-refractivity contribution in [2.45, 2.75) is 43.4 Å². The van der Waals surface area contributed by atoms with Crippen molar-refractivity contribution in [1.82, 2.24) is 4.90 Å². The molecule has 1 N–H and O–H groups in total. The number of fused-ring (bicyclic) bond motifs is 5. The Morgan fingerprint density at radius 1 is 1.03 bits per heavy atom. The second kappa shape index (κ2) is 8.47. The van der Waals surface area contributed by atoms with Gasteiger partial charge in [0.1, 0.15) is 12.4 Å². The van der Waals surface area contributed by atoms with Crippen LogP contribution in [0.15, 0.2) is 66.7 Å². The average molecular weight is 474 g/mol. The van der Waals surface area contributed by atoms with E-state index in [0.717, 1.165) is 0 Å². The van der Waals surface area contributed by atoms with Gasteiger partial charge in [-0.15, -0.1) is 0 Å². The molecule has 3 aromatic rings. The first kappa shape index (κ1) is 22.3. The highest BCUT2D eigenvalue weighted by molar-refractivity contribution is 5.79. The quantitative estimate of drug-likeness (QED) is 0.573. The van der Waals surface area contributed by atoms with Crippen molar-refractivity contribution in [2.24, 2.45) is 0 Å². The number of carbonyl (C=O) groups excluding carboxylic acids is 1. The number of carbonyl (C=O) groups is 1. The van der Waals surface area contributed by atoms with E-state index >= 15 is 0 Å². The molecule has 0 aromatic heterocycles. The van der Waals surface area contributed by atoms with Crippen molar-refractivity contribution < 1.29 is 23.8 Å². The highest BCUT2D eigenvalue weighted by Crippen LogP contribution is 2.45. The summed E-state index contributed by atoms with van der Waals surface area (Å²) in [5.74, 6) is -0.351. The van der Waals surface area contributed by atoms with E-state index in [2.05, 4.69) is 24.3 Å². The lowest BCUT2D eigenvalue weighted by Crippen LogP contribution is -2.62. The normalized spacial score (nSPS) is 25.2. The summed E-state index contributed by atoms with van der Waals surface area (Å²) in [7, 11) is 0. The lowest BCUT2D eigenvalue weighted by atomic mass is 9.77. The number of rotatable bonds is 3. The summed E-state index contributed by atoms with van der Waals surface area (Å²) in [6, 6.07) is 20.7. The van der Waals surface area contributed by atoms with E-state index in [4.69, 9.17) is 9.47 Å². The first-order chi connectivity index (χ1) is 16.9. The molecule has 1 amide bonds. The number of nitrogens with zero attached hydrogens (tertiary/aromatic N) is 1. The first-order valence-electron chi connectivity index (χ1n) is 12.1. The van der Waals surface area contributed by atoms with E-state index in [-0.39, 0.29) is 49.4 Å². The van der Waals surface area contributed by atoms with E-state index in [1.165, 1.54) is 28.3 Å². The van der Waals surface area contributed by atoms with Gasteiger partial charge in [-0.2, -0.15) is 0 Å². The highest BCUT2D eigenvalue weighted by atomic mass is 19.1. The maximum absolute atomic E-state index is 14.2. The number of hydrogen-bond acceptors (Lipinski definition) is 4. The Morgan fingerprint density at radius 2 is 1.63 bits per heavy atom. The van der Waals surface area contributed by atoms with Crippen LogP contribution in [-0.2, 0) is 15.1 Å². The van der Waals surface area contributed by atoms with Gasteiger partial charge in [-0.3, -0.25) is 4.90 Å². The van der Waals surface area contributed by atoms with Gasteiger partial charge >= 0.3 is 6.09 Å². The topological polar surface area (TPSA) is 59.0 Å². The Morgan fingerprint density at radius 3 is 2.23 bits per heavy atom. The molecule has 2 saturated heterocycles. The minimum atomic E-state index is -1.21. The van der Waals surface area contributed by atoms with E-state index < -0.39 is 5.60 Å². The van der Waals surface area contributed by atoms with Crippen LogP contribution < -0.4 is 0 Å². The molecule has 0 spiro atoms. The Labute approximate surface area is 204 Å². The number of ether oxygens (including phenoxy) is 2. The number of piperidine rings is 1. The second-order valence-corrected chi connectivity index (χ2v) is 9.96. The first-order valence-corrected chi connectivity index (χ1v) is 12.1. The third kappa shape index (κ3) is 3.72. The molecule has 2 aliphatic heterocycles. The molecule has 2 fully saturated rings. The number of morpholine rings is 1. The van der Waals surface area contributed by atoms with Crippen molar-refractivity contribution in [3.8, 4) is 11.1 Å². The Bertz CT molecular complexity index is 1230. The summed E-state index contributed by atoms with van der Waals surface area (Å²) in [6.45, 7) is 2.58. The Balaban J connectivity index is 1.21. The molecular formula is C29H28FNO4. The van der Waals surface area contributed by atoms with Crippen molar-refractivity contribution in [1.29, 1.82) is 0 Å². The zero-order chi connectivity index (χ0) is 24.2. The number of benzene rings is 3. The predicted octanol–water partition coefficient (Wildman–Crippen LogP) is 5.13. The fourth-order valence-corrected chi connectivity index (χ4v) is 6.06. The molecule has 3 aromatic carbocycles. The lowest BCUT2D eigenvalue weighted by molar-refractivity contribution is -0.136. The van der Waals surface area contributed by atoms with Gasteiger partial charge in [0, 0.05) is 18.8 Å². The third-order valence-corrected chi connectivity index (χ3v) is 7.81. The molecular weight excluding hydrogens is 445 g/mol. The molecule has 35 heavy (non-hydrogen) atoms. The molecule has 5 nitrogen and oxygen atoms in total. The molecule has 2 bridgehead atoms. The number of aryl methyl sites for hydroxylation is 1. The molecule has 2 unspecified atom stereocenters. The fourth-order valence-electron chi connectivity index (χ4n) is 6.06. The van der Waals surface area contributed by atoms with E-state index in [9.17, 15) is 14.3 Å². The molecule has 0 radical (unpaired) electrons. The van der Waals surface area contributed by atoms with Gasteiger partial charge < -0.3 is 14.6 Å².